The van der Waals surface area contributed by atoms with E-state index in [0.29, 0.717) is 23.7 Å². The van der Waals surface area contributed by atoms with Gasteiger partial charge in [0.25, 0.3) is 0 Å². The van der Waals surface area contributed by atoms with Gasteiger partial charge in [0.2, 0.25) is 5.91 Å². The van der Waals surface area contributed by atoms with Gasteiger partial charge in [0.15, 0.2) is 11.2 Å². The third kappa shape index (κ3) is 5.45. The Kier molecular flexibility index (Phi) is 6.71. The van der Waals surface area contributed by atoms with Crippen LogP contribution in [-0.4, -0.2) is 53.2 Å². The highest BCUT2D eigenvalue weighted by Crippen LogP contribution is 2.33. The number of alkyl halides is 3. The molecule has 3 aliphatic rings. The van der Waals surface area contributed by atoms with Gasteiger partial charge in [-0.05, 0) is 49.2 Å². The second kappa shape index (κ2) is 9.55. The number of carbonyl (C=O) groups excluding carboxylic acids is 2. The van der Waals surface area contributed by atoms with Crippen molar-refractivity contribution in [2.75, 3.05) is 17.7 Å². The first-order valence-corrected chi connectivity index (χ1v) is 11.2. The predicted molar refractivity (Wildman–Crippen MR) is 121 cm³/mol. The van der Waals surface area contributed by atoms with E-state index in [4.69, 9.17) is 0 Å². The lowest BCUT2D eigenvalue weighted by atomic mass is 9.87. The van der Waals surface area contributed by atoms with Gasteiger partial charge in [-0.25, -0.2) is 14.2 Å². The number of fused-ring (bicyclic) bond motifs is 4. The number of rotatable bonds is 2. The summed E-state index contributed by atoms with van der Waals surface area (Å²) in [6.45, 7) is 0. The molecule has 3 heterocycles. The number of hydrogen-bond donors (Lipinski definition) is 3. The number of benzene rings is 2. The van der Waals surface area contributed by atoms with Gasteiger partial charge in [0.05, 0.1) is 10.2 Å². The number of likely N-dealkylation sites (N-methyl/N-ethyl adjacent to an activating group) is 1. The van der Waals surface area contributed by atoms with Gasteiger partial charge in [-0.2, -0.15) is 13.2 Å². The molecule has 1 aromatic heterocycles. The van der Waals surface area contributed by atoms with Gasteiger partial charge in [0.1, 0.15) is 5.82 Å². The van der Waals surface area contributed by atoms with Crippen molar-refractivity contribution in [1.82, 2.24) is 15.2 Å². The molecule has 180 valence electrons. The minimum absolute atomic E-state index is 0.00708. The number of urea groups is 1. The predicted octanol–water partition coefficient (Wildman–Crippen LogP) is 4.59. The first-order valence-electron chi connectivity index (χ1n) is 10.4. The molecule has 1 aliphatic carbocycles. The lowest BCUT2D eigenvalue weighted by molar-refractivity contribution is -0.173. The van der Waals surface area contributed by atoms with Gasteiger partial charge in [-0.1, -0.05) is 23.5 Å². The van der Waals surface area contributed by atoms with Gasteiger partial charge >= 0.3 is 12.2 Å². The molecule has 2 bridgehead atoms. The Labute approximate surface area is 196 Å². The first-order chi connectivity index (χ1) is 16.1. The van der Waals surface area contributed by atoms with Crippen LogP contribution in [0.25, 0.3) is 10.2 Å². The molecular formula is C22H21F4N5O2S. The maximum absolute atomic E-state index is 12.8. The van der Waals surface area contributed by atoms with Crippen LogP contribution in [0, 0.1) is 5.82 Å². The van der Waals surface area contributed by atoms with Gasteiger partial charge in [-0.15, -0.1) is 0 Å². The number of hydrogen-bond acceptors (Lipinski definition) is 5. The van der Waals surface area contributed by atoms with Crippen molar-refractivity contribution in [3.05, 3.63) is 54.3 Å². The average Bonchev–Trinajstić information content (AvgIpc) is 3.04. The molecule has 1 unspecified atom stereocenters. The molecule has 7 nitrogen and oxygen atoms in total. The summed E-state index contributed by atoms with van der Waals surface area (Å²) >= 11 is 1.40. The second-order valence-electron chi connectivity index (χ2n) is 7.99. The fraction of sp³-hybridized carbons (Fsp3) is 0.318. The van der Waals surface area contributed by atoms with E-state index in [1.165, 1.54) is 47.5 Å². The molecule has 2 aliphatic heterocycles. The van der Waals surface area contributed by atoms with E-state index in [9.17, 15) is 27.2 Å². The van der Waals surface area contributed by atoms with E-state index in [1.807, 2.05) is 24.3 Å². The van der Waals surface area contributed by atoms with Crippen LogP contribution in [0.3, 0.4) is 0 Å². The van der Waals surface area contributed by atoms with Crippen molar-refractivity contribution >= 4 is 44.3 Å². The van der Waals surface area contributed by atoms with Crippen molar-refractivity contribution in [3.8, 4) is 0 Å². The Balaban J connectivity index is 0.000000172. The normalized spacial score (nSPS) is 21.7. The monoisotopic (exact) mass is 495 g/mol. The largest absolute Gasteiger partial charge is 0.412 e. The van der Waals surface area contributed by atoms with E-state index in [0.717, 1.165) is 10.2 Å². The van der Waals surface area contributed by atoms with Crippen LogP contribution in [-0.2, 0) is 4.79 Å². The number of halogens is 4. The van der Waals surface area contributed by atoms with Gasteiger partial charge in [0, 0.05) is 24.8 Å². The average molecular weight is 496 g/mol. The molecule has 3 amide bonds. The Morgan fingerprint density at radius 1 is 1.12 bits per heavy atom. The smallest absolute Gasteiger partial charge is 0.341 e. The van der Waals surface area contributed by atoms with Gasteiger partial charge < -0.3 is 10.2 Å². The zero-order valence-electron chi connectivity index (χ0n) is 17.9. The standard InChI is InChI=1S/C14H10FN3OS.C8H11F3N2O/c15-9-5-7-10(8-6-9)16-13(19)18-14-17-11-3-1-2-4-12(11)20-14;1-13-5-2-4(3-5)12-6(7(13)14)8(9,10)11/h1-8H,(H2,16,17,18,19);4-6,12H,2-3H2,1H3. The fourth-order valence-corrected chi connectivity index (χ4v) is 4.54. The summed E-state index contributed by atoms with van der Waals surface area (Å²) in [5.41, 5.74) is 1.36. The Bertz CT molecular complexity index is 1150. The zero-order valence-corrected chi connectivity index (χ0v) is 18.7. The lowest BCUT2D eigenvalue weighted by Gasteiger charge is -2.36. The highest BCUT2D eigenvalue weighted by atomic mass is 32.1. The molecule has 3 fully saturated rings. The fourth-order valence-electron chi connectivity index (χ4n) is 3.68. The summed E-state index contributed by atoms with van der Waals surface area (Å²) < 4.78 is 51.0. The molecule has 6 rings (SSSR count). The third-order valence-electron chi connectivity index (χ3n) is 5.60. The third-order valence-corrected chi connectivity index (χ3v) is 6.55. The van der Waals surface area contributed by atoms with E-state index in [1.54, 1.807) is 0 Å². The van der Waals surface area contributed by atoms with Crippen LogP contribution in [0.4, 0.5) is 33.2 Å². The van der Waals surface area contributed by atoms with Crippen molar-refractivity contribution in [1.29, 1.82) is 0 Å². The van der Waals surface area contributed by atoms with Crippen molar-refractivity contribution < 1.29 is 27.2 Å². The highest BCUT2D eigenvalue weighted by Gasteiger charge is 2.53. The molecular weight excluding hydrogens is 474 g/mol. The number of nitrogens with zero attached hydrogens (tertiary/aromatic N) is 2. The molecule has 3 aromatic rings. The number of carbonyl (C=O) groups is 2. The number of para-hydroxylation sites is 1. The number of amides is 3. The summed E-state index contributed by atoms with van der Waals surface area (Å²) in [4.78, 5) is 28.7. The summed E-state index contributed by atoms with van der Waals surface area (Å²) in [6.07, 6.45) is -3.22. The van der Waals surface area contributed by atoms with Crippen molar-refractivity contribution in [2.45, 2.75) is 37.1 Å². The van der Waals surface area contributed by atoms with Crippen LogP contribution in [0.15, 0.2) is 48.5 Å². The zero-order chi connectivity index (χ0) is 24.5. The number of nitrogens with one attached hydrogen (secondary N) is 3. The van der Waals surface area contributed by atoms with E-state index in [2.05, 4.69) is 20.9 Å². The summed E-state index contributed by atoms with van der Waals surface area (Å²) in [5.74, 6) is -1.20. The minimum Gasteiger partial charge on any atom is -0.341 e. The number of anilines is 2. The molecule has 1 saturated carbocycles. The molecule has 0 radical (unpaired) electrons. The Morgan fingerprint density at radius 2 is 1.79 bits per heavy atom. The highest BCUT2D eigenvalue weighted by molar-refractivity contribution is 7.22. The Morgan fingerprint density at radius 3 is 2.44 bits per heavy atom. The maximum atomic E-state index is 12.8. The molecule has 3 N–H and O–H groups in total. The van der Waals surface area contributed by atoms with Gasteiger partial charge in [-0.3, -0.25) is 15.4 Å². The SMILES string of the molecule is CN1C(=O)C(C(F)(F)F)NC2CC1C2.O=C(Nc1ccc(F)cc1)Nc1nc2ccccc2s1. The molecule has 1 atom stereocenters. The van der Waals surface area contributed by atoms with Crippen LogP contribution in [0.5, 0.6) is 0 Å². The second-order valence-corrected chi connectivity index (χ2v) is 9.02. The lowest BCUT2D eigenvalue weighted by Crippen LogP contribution is -2.52. The van der Waals surface area contributed by atoms with E-state index < -0.39 is 24.2 Å². The quantitative estimate of drug-likeness (QED) is 0.454. The number of thiazole rings is 1. The van der Waals surface area contributed by atoms with Crippen LogP contribution in [0.1, 0.15) is 12.8 Å². The summed E-state index contributed by atoms with van der Waals surface area (Å²) in [5, 5.41) is 8.14. The molecule has 12 heteroatoms. The minimum atomic E-state index is -4.48. The van der Waals surface area contributed by atoms with Crippen molar-refractivity contribution in [2.24, 2.45) is 0 Å². The topological polar surface area (TPSA) is 86.4 Å². The maximum Gasteiger partial charge on any atom is 0.412 e. The molecule has 0 spiro atoms. The number of aromatic nitrogens is 1. The van der Waals surface area contributed by atoms with Crippen LogP contribution >= 0.6 is 11.3 Å². The van der Waals surface area contributed by atoms with E-state index in [-0.39, 0.29) is 17.9 Å². The first kappa shape index (κ1) is 23.9. The molecule has 2 aromatic carbocycles. The Hall–Kier alpha value is -3.25. The summed E-state index contributed by atoms with van der Waals surface area (Å²) in [6, 6.07) is 10.6. The molecule has 2 saturated heterocycles. The molecule has 34 heavy (non-hydrogen) atoms. The van der Waals surface area contributed by atoms with Crippen molar-refractivity contribution in [3.63, 3.8) is 0 Å². The summed E-state index contributed by atoms with van der Waals surface area (Å²) in [7, 11) is 1.44. The van der Waals surface area contributed by atoms with Crippen LogP contribution < -0.4 is 16.0 Å². The van der Waals surface area contributed by atoms with Crippen LogP contribution in [0.2, 0.25) is 0 Å². The van der Waals surface area contributed by atoms with E-state index >= 15 is 0 Å².